The minimum Gasteiger partial charge on any atom is -0.497 e. The van der Waals surface area contributed by atoms with Gasteiger partial charge in [0, 0.05) is 19.0 Å². The van der Waals surface area contributed by atoms with Crippen LogP contribution in [0.15, 0.2) is 23.2 Å². The molecule has 25 heavy (non-hydrogen) atoms. The summed E-state index contributed by atoms with van der Waals surface area (Å²) in [5.74, 6) is 1.09. The van der Waals surface area contributed by atoms with Crippen LogP contribution in [0.2, 0.25) is 0 Å². The summed E-state index contributed by atoms with van der Waals surface area (Å²) in [4.78, 5) is 28.6. The quantitative estimate of drug-likeness (QED) is 0.774. The average Bonchev–Trinajstić information content (AvgIpc) is 2.93. The summed E-state index contributed by atoms with van der Waals surface area (Å²) in [6.07, 6.45) is 0.0619. The molecule has 1 aromatic rings. The standard InChI is InChI=1S/C17H23N3O4S/c1-10(2)9-18-17-20-16(22)14(25-17)8-15(21)19-12-6-5-11(23-3)7-13(12)24-4/h5-7,10,14H,8-9H2,1-4H3,(H,19,21)(H,18,20,22)/t14-/m1/s1. The Kier molecular flexibility index (Phi) is 6.69. The van der Waals surface area contributed by atoms with Gasteiger partial charge in [-0.3, -0.25) is 14.6 Å². The first-order chi connectivity index (χ1) is 11.9. The second-order valence-electron chi connectivity index (χ2n) is 5.95. The summed E-state index contributed by atoms with van der Waals surface area (Å²) in [7, 11) is 3.07. The number of hydrogen-bond acceptors (Lipinski definition) is 6. The van der Waals surface area contributed by atoms with Gasteiger partial charge in [0.25, 0.3) is 0 Å². The molecule has 1 heterocycles. The number of ether oxygens (including phenoxy) is 2. The minimum atomic E-state index is -0.477. The number of benzene rings is 1. The van der Waals surface area contributed by atoms with Gasteiger partial charge in [0.15, 0.2) is 5.17 Å². The van der Waals surface area contributed by atoms with E-state index in [1.54, 1.807) is 25.3 Å². The monoisotopic (exact) mass is 365 g/mol. The lowest BCUT2D eigenvalue weighted by Crippen LogP contribution is -2.28. The van der Waals surface area contributed by atoms with Gasteiger partial charge in [-0.15, -0.1) is 0 Å². The molecule has 0 radical (unpaired) electrons. The van der Waals surface area contributed by atoms with Crippen molar-refractivity contribution in [3.05, 3.63) is 18.2 Å². The highest BCUT2D eigenvalue weighted by Gasteiger charge is 2.32. The number of hydrogen-bond donors (Lipinski definition) is 2. The van der Waals surface area contributed by atoms with Crippen molar-refractivity contribution in [3.63, 3.8) is 0 Å². The number of thioether (sulfide) groups is 1. The fraction of sp³-hybridized carbons (Fsp3) is 0.471. The fourth-order valence-corrected chi connectivity index (χ4v) is 3.13. The molecule has 0 spiro atoms. The molecule has 1 aliphatic heterocycles. The Balaban J connectivity index is 1.96. The number of aliphatic imine (C=N–C) groups is 1. The molecule has 1 fully saturated rings. The minimum absolute atomic E-state index is 0.0619. The van der Waals surface area contributed by atoms with Crippen molar-refractivity contribution in [3.8, 4) is 11.5 Å². The lowest BCUT2D eigenvalue weighted by Gasteiger charge is -2.12. The average molecular weight is 365 g/mol. The Labute approximate surface area is 151 Å². The van der Waals surface area contributed by atoms with E-state index in [9.17, 15) is 9.59 Å². The van der Waals surface area contributed by atoms with Gasteiger partial charge in [0.1, 0.15) is 16.7 Å². The molecule has 1 atom stereocenters. The third-order valence-electron chi connectivity index (χ3n) is 3.43. The van der Waals surface area contributed by atoms with E-state index in [1.807, 2.05) is 0 Å². The van der Waals surface area contributed by atoms with E-state index in [0.717, 1.165) is 0 Å². The van der Waals surface area contributed by atoms with Gasteiger partial charge in [-0.25, -0.2) is 0 Å². The molecular weight excluding hydrogens is 342 g/mol. The highest BCUT2D eigenvalue weighted by molar-refractivity contribution is 8.15. The number of rotatable bonds is 7. The Hall–Kier alpha value is -2.22. The number of nitrogens with zero attached hydrogens (tertiary/aromatic N) is 1. The first kappa shape index (κ1) is 19.1. The summed E-state index contributed by atoms with van der Waals surface area (Å²) in [5, 5.41) is 5.60. The largest absolute Gasteiger partial charge is 0.497 e. The van der Waals surface area contributed by atoms with E-state index < -0.39 is 5.25 Å². The van der Waals surface area contributed by atoms with Crippen molar-refractivity contribution < 1.29 is 19.1 Å². The van der Waals surface area contributed by atoms with Gasteiger partial charge in [-0.1, -0.05) is 25.6 Å². The van der Waals surface area contributed by atoms with E-state index in [4.69, 9.17) is 9.47 Å². The number of carbonyl (C=O) groups is 2. The third kappa shape index (κ3) is 5.38. The summed E-state index contributed by atoms with van der Waals surface area (Å²) in [6.45, 7) is 4.75. The number of methoxy groups -OCH3 is 2. The summed E-state index contributed by atoms with van der Waals surface area (Å²) in [5.41, 5.74) is 0.533. The molecular formula is C17H23N3O4S. The topological polar surface area (TPSA) is 89.0 Å². The molecule has 8 heteroatoms. The summed E-state index contributed by atoms with van der Waals surface area (Å²) in [6, 6.07) is 5.11. The Bertz CT molecular complexity index is 676. The molecule has 0 bridgehead atoms. The van der Waals surface area contributed by atoms with Crippen LogP contribution in [0, 0.1) is 5.92 Å². The Morgan fingerprint density at radius 2 is 2.12 bits per heavy atom. The van der Waals surface area contributed by atoms with Gasteiger partial charge < -0.3 is 20.1 Å². The molecule has 2 amide bonds. The fourth-order valence-electron chi connectivity index (χ4n) is 2.15. The van der Waals surface area contributed by atoms with Crippen molar-refractivity contribution in [1.29, 1.82) is 0 Å². The molecule has 0 aromatic heterocycles. The molecule has 0 unspecified atom stereocenters. The molecule has 7 nitrogen and oxygen atoms in total. The predicted octanol–water partition coefficient (Wildman–Crippen LogP) is 2.28. The second kappa shape index (κ2) is 8.75. The van der Waals surface area contributed by atoms with Crippen LogP contribution in [-0.4, -0.2) is 43.0 Å². The van der Waals surface area contributed by atoms with Crippen LogP contribution in [0.4, 0.5) is 5.69 Å². The number of carbonyl (C=O) groups excluding carboxylic acids is 2. The van der Waals surface area contributed by atoms with Crippen molar-refractivity contribution >= 4 is 34.4 Å². The van der Waals surface area contributed by atoms with Crippen LogP contribution in [0.1, 0.15) is 20.3 Å². The Morgan fingerprint density at radius 1 is 1.36 bits per heavy atom. The highest BCUT2D eigenvalue weighted by Crippen LogP contribution is 2.30. The third-order valence-corrected chi connectivity index (χ3v) is 4.55. The summed E-state index contributed by atoms with van der Waals surface area (Å²) >= 11 is 1.29. The molecule has 2 rings (SSSR count). The van der Waals surface area contributed by atoms with Crippen LogP contribution < -0.4 is 20.1 Å². The second-order valence-corrected chi connectivity index (χ2v) is 7.15. The summed E-state index contributed by atoms with van der Waals surface area (Å²) < 4.78 is 10.4. The van der Waals surface area contributed by atoms with Crippen LogP contribution in [0.5, 0.6) is 11.5 Å². The van der Waals surface area contributed by atoms with Gasteiger partial charge >= 0.3 is 0 Å². The van der Waals surface area contributed by atoms with Gasteiger partial charge in [0.05, 0.1) is 19.9 Å². The first-order valence-electron chi connectivity index (χ1n) is 7.96. The maximum atomic E-state index is 12.3. The molecule has 136 valence electrons. The zero-order valence-electron chi connectivity index (χ0n) is 14.8. The molecule has 0 aliphatic carbocycles. The molecule has 1 aliphatic rings. The number of amides is 2. The molecule has 1 saturated heterocycles. The lowest BCUT2D eigenvalue weighted by molar-refractivity contribution is -0.122. The molecule has 2 N–H and O–H groups in total. The van der Waals surface area contributed by atoms with E-state index >= 15 is 0 Å². The van der Waals surface area contributed by atoms with Crippen molar-refractivity contribution in [2.45, 2.75) is 25.5 Å². The van der Waals surface area contributed by atoms with Crippen molar-refractivity contribution in [2.24, 2.45) is 10.9 Å². The van der Waals surface area contributed by atoms with Crippen LogP contribution >= 0.6 is 11.8 Å². The van der Waals surface area contributed by atoms with Crippen molar-refractivity contribution in [1.82, 2.24) is 5.32 Å². The molecule has 0 saturated carbocycles. The zero-order valence-corrected chi connectivity index (χ0v) is 15.6. The number of anilines is 1. The first-order valence-corrected chi connectivity index (χ1v) is 8.84. The van der Waals surface area contributed by atoms with E-state index in [-0.39, 0.29) is 18.2 Å². The van der Waals surface area contributed by atoms with Crippen LogP contribution in [0.25, 0.3) is 0 Å². The Morgan fingerprint density at radius 3 is 2.76 bits per heavy atom. The van der Waals surface area contributed by atoms with Gasteiger partial charge in [-0.05, 0) is 18.1 Å². The maximum Gasteiger partial charge on any atom is 0.240 e. The molecule has 1 aromatic carbocycles. The number of nitrogens with one attached hydrogen (secondary N) is 2. The highest BCUT2D eigenvalue weighted by atomic mass is 32.2. The van der Waals surface area contributed by atoms with E-state index in [0.29, 0.717) is 34.8 Å². The lowest BCUT2D eigenvalue weighted by atomic mass is 10.2. The SMILES string of the molecule is COc1ccc(NC(=O)C[C@H]2SC(=NCC(C)C)NC2=O)c(OC)c1. The number of amidine groups is 1. The van der Waals surface area contributed by atoms with Crippen molar-refractivity contribution in [2.75, 3.05) is 26.1 Å². The van der Waals surface area contributed by atoms with Gasteiger partial charge in [0.2, 0.25) is 11.8 Å². The normalized spacial score (nSPS) is 18.4. The van der Waals surface area contributed by atoms with Gasteiger partial charge in [-0.2, -0.15) is 0 Å². The zero-order chi connectivity index (χ0) is 18.4. The van der Waals surface area contributed by atoms with E-state index in [2.05, 4.69) is 29.5 Å². The van der Waals surface area contributed by atoms with Crippen LogP contribution in [0.3, 0.4) is 0 Å². The smallest absolute Gasteiger partial charge is 0.240 e. The predicted molar refractivity (Wildman–Crippen MR) is 99.5 cm³/mol. The maximum absolute atomic E-state index is 12.3. The van der Waals surface area contributed by atoms with E-state index in [1.165, 1.54) is 18.9 Å². The van der Waals surface area contributed by atoms with Crippen LogP contribution in [-0.2, 0) is 9.59 Å².